The molecule has 1 aliphatic rings. The van der Waals surface area contributed by atoms with Gasteiger partial charge in [-0.3, -0.25) is 9.69 Å². The lowest BCUT2D eigenvalue weighted by Crippen LogP contribution is -2.60. The molecule has 0 radical (unpaired) electrons. The summed E-state index contributed by atoms with van der Waals surface area (Å²) in [4.78, 5) is 25.4. The molecule has 0 saturated carbocycles. The number of alkyl carbamates (subject to hydrolysis) is 1. The average molecular weight is 286 g/mol. The second-order valence-corrected chi connectivity index (χ2v) is 6.07. The van der Waals surface area contributed by atoms with Crippen LogP contribution in [0.2, 0.25) is 0 Å². The van der Waals surface area contributed by atoms with Gasteiger partial charge >= 0.3 is 6.09 Å². The number of carbonyl (C=O) groups is 2. The largest absolute Gasteiger partial charge is 0.444 e. The van der Waals surface area contributed by atoms with Crippen molar-refractivity contribution in [1.82, 2.24) is 15.5 Å². The first-order valence-electron chi connectivity index (χ1n) is 6.94. The summed E-state index contributed by atoms with van der Waals surface area (Å²) in [6, 6.07) is -0.926. The molecule has 0 aromatic carbocycles. The summed E-state index contributed by atoms with van der Waals surface area (Å²) in [7, 11) is 0. The fourth-order valence-corrected chi connectivity index (χ4v) is 2.28. The van der Waals surface area contributed by atoms with Gasteiger partial charge in [0.15, 0.2) is 0 Å². The number of carbonyl (C=O) groups excluding carboxylic acids is 2. The van der Waals surface area contributed by atoms with Gasteiger partial charge < -0.3 is 21.1 Å². The maximum atomic E-state index is 11.8. The Bertz CT molecular complexity index is 348. The van der Waals surface area contributed by atoms with Crippen molar-refractivity contribution in [3.8, 4) is 0 Å². The number of nitrogens with one attached hydrogen (secondary N) is 2. The predicted molar refractivity (Wildman–Crippen MR) is 76.3 cm³/mol. The topological polar surface area (TPSA) is 96.7 Å². The number of piperazine rings is 1. The number of primary amides is 1. The van der Waals surface area contributed by atoms with E-state index in [4.69, 9.17) is 10.5 Å². The Balaban J connectivity index is 2.62. The van der Waals surface area contributed by atoms with Crippen molar-refractivity contribution >= 4 is 12.0 Å². The molecule has 2 unspecified atom stereocenters. The first kappa shape index (κ1) is 16.7. The van der Waals surface area contributed by atoms with Gasteiger partial charge in [0.25, 0.3) is 0 Å². The van der Waals surface area contributed by atoms with Gasteiger partial charge in [0.2, 0.25) is 5.91 Å². The van der Waals surface area contributed by atoms with Crippen LogP contribution in [-0.2, 0) is 9.53 Å². The number of rotatable bonds is 4. The van der Waals surface area contributed by atoms with Gasteiger partial charge in [-0.2, -0.15) is 0 Å². The van der Waals surface area contributed by atoms with Crippen molar-refractivity contribution in [3.63, 3.8) is 0 Å². The normalized spacial score (nSPS) is 20.0. The number of ether oxygens (including phenoxy) is 1. The molecule has 1 aliphatic heterocycles. The van der Waals surface area contributed by atoms with E-state index in [0.717, 1.165) is 26.2 Å². The van der Waals surface area contributed by atoms with Crippen molar-refractivity contribution in [3.05, 3.63) is 0 Å². The lowest BCUT2D eigenvalue weighted by molar-refractivity contribution is -0.124. The third-order valence-electron chi connectivity index (χ3n) is 3.05. The Morgan fingerprint density at radius 1 is 1.30 bits per heavy atom. The Morgan fingerprint density at radius 3 is 2.30 bits per heavy atom. The molecule has 7 nitrogen and oxygen atoms in total. The van der Waals surface area contributed by atoms with Crippen LogP contribution in [0.3, 0.4) is 0 Å². The highest BCUT2D eigenvalue weighted by Crippen LogP contribution is 2.10. The molecule has 2 atom stereocenters. The Morgan fingerprint density at radius 2 is 1.85 bits per heavy atom. The molecule has 0 aromatic rings. The van der Waals surface area contributed by atoms with Gasteiger partial charge in [0.1, 0.15) is 11.6 Å². The second-order valence-electron chi connectivity index (χ2n) is 6.07. The SMILES string of the molecule is CC(NC(=O)OC(C)(C)C)C(C(N)=O)N1CCNCC1. The minimum Gasteiger partial charge on any atom is -0.444 e. The molecule has 4 N–H and O–H groups in total. The molecule has 0 spiro atoms. The second kappa shape index (κ2) is 6.90. The van der Waals surface area contributed by atoms with Crippen molar-refractivity contribution in [2.75, 3.05) is 26.2 Å². The van der Waals surface area contributed by atoms with E-state index in [0.29, 0.717) is 0 Å². The van der Waals surface area contributed by atoms with Crippen molar-refractivity contribution < 1.29 is 14.3 Å². The fourth-order valence-electron chi connectivity index (χ4n) is 2.28. The van der Waals surface area contributed by atoms with E-state index in [1.54, 1.807) is 27.7 Å². The first-order chi connectivity index (χ1) is 9.20. The molecular weight excluding hydrogens is 260 g/mol. The fraction of sp³-hybridized carbons (Fsp3) is 0.846. The van der Waals surface area contributed by atoms with E-state index < -0.39 is 29.7 Å². The average Bonchev–Trinajstić information content (AvgIpc) is 2.26. The maximum Gasteiger partial charge on any atom is 0.407 e. The molecular formula is C13H26N4O3. The van der Waals surface area contributed by atoms with Crippen LogP contribution in [0, 0.1) is 0 Å². The van der Waals surface area contributed by atoms with Crippen LogP contribution in [0.1, 0.15) is 27.7 Å². The highest BCUT2D eigenvalue weighted by Gasteiger charge is 2.32. The van der Waals surface area contributed by atoms with Gasteiger partial charge in [-0.05, 0) is 27.7 Å². The van der Waals surface area contributed by atoms with Gasteiger partial charge in [-0.1, -0.05) is 0 Å². The monoisotopic (exact) mass is 286 g/mol. The summed E-state index contributed by atoms with van der Waals surface area (Å²) < 4.78 is 5.19. The van der Waals surface area contributed by atoms with Crippen molar-refractivity contribution in [2.45, 2.75) is 45.4 Å². The highest BCUT2D eigenvalue weighted by molar-refractivity contribution is 5.81. The van der Waals surface area contributed by atoms with Crippen LogP contribution in [0.25, 0.3) is 0 Å². The van der Waals surface area contributed by atoms with Crippen LogP contribution >= 0.6 is 0 Å². The van der Waals surface area contributed by atoms with Gasteiger partial charge in [0.05, 0.1) is 6.04 Å². The van der Waals surface area contributed by atoms with E-state index in [9.17, 15) is 9.59 Å². The molecule has 0 bridgehead atoms. The number of hydrogen-bond donors (Lipinski definition) is 3. The summed E-state index contributed by atoms with van der Waals surface area (Å²) in [5.74, 6) is -0.435. The van der Waals surface area contributed by atoms with Crippen LogP contribution < -0.4 is 16.4 Å². The predicted octanol–water partition coefficient (Wildman–Crippen LogP) is -0.341. The molecule has 1 saturated heterocycles. The van der Waals surface area contributed by atoms with E-state index in [2.05, 4.69) is 10.6 Å². The minimum absolute atomic E-state index is 0.402. The van der Waals surface area contributed by atoms with Gasteiger partial charge in [0, 0.05) is 26.2 Å². The van der Waals surface area contributed by atoms with E-state index in [-0.39, 0.29) is 0 Å². The third-order valence-corrected chi connectivity index (χ3v) is 3.05. The Hall–Kier alpha value is -1.34. The number of amides is 2. The Kier molecular flexibility index (Phi) is 5.76. The molecule has 20 heavy (non-hydrogen) atoms. The zero-order valence-electron chi connectivity index (χ0n) is 12.7. The van der Waals surface area contributed by atoms with Crippen molar-refractivity contribution in [2.24, 2.45) is 5.73 Å². The van der Waals surface area contributed by atoms with E-state index >= 15 is 0 Å². The lowest BCUT2D eigenvalue weighted by atomic mass is 10.1. The summed E-state index contributed by atoms with van der Waals surface area (Å²) in [5, 5.41) is 5.90. The lowest BCUT2D eigenvalue weighted by Gasteiger charge is -2.36. The quantitative estimate of drug-likeness (QED) is 0.657. The molecule has 0 aromatic heterocycles. The molecule has 7 heteroatoms. The number of nitrogens with zero attached hydrogens (tertiary/aromatic N) is 1. The molecule has 116 valence electrons. The molecule has 1 fully saturated rings. The zero-order chi connectivity index (χ0) is 15.3. The molecule has 0 aliphatic carbocycles. The van der Waals surface area contributed by atoms with Crippen LogP contribution in [-0.4, -0.2) is 60.8 Å². The summed E-state index contributed by atoms with van der Waals surface area (Å²) >= 11 is 0. The van der Waals surface area contributed by atoms with Crippen LogP contribution in [0.4, 0.5) is 4.79 Å². The smallest absolute Gasteiger partial charge is 0.407 e. The first-order valence-corrected chi connectivity index (χ1v) is 6.94. The number of nitrogens with two attached hydrogens (primary N) is 1. The van der Waals surface area contributed by atoms with Crippen molar-refractivity contribution in [1.29, 1.82) is 0 Å². The number of hydrogen-bond acceptors (Lipinski definition) is 5. The van der Waals surface area contributed by atoms with Gasteiger partial charge in [-0.15, -0.1) is 0 Å². The highest BCUT2D eigenvalue weighted by atomic mass is 16.6. The van der Waals surface area contributed by atoms with E-state index in [1.807, 2.05) is 4.90 Å². The summed E-state index contributed by atoms with van der Waals surface area (Å²) in [6.45, 7) is 10.2. The summed E-state index contributed by atoms with van der Waals surface area (Å²) in [5.41, 5.74) is 4.91. The minimum atomic E-state index is -0.568. The molecule has 1 rings (SSSR count). The van der Waals surface area contributed by atoms with E-state index in [1.165, 1.54) is 0 Å². The molecule has 2 amide bonds. The molecule has 1 heterocycles. The maximum absolute atomic E-state index is 11.8. The zero-order valence-corrected chi connectivity index (χ0v) is 12.7. The van der Waals surface area contributed by atoms with Crippen LogP contribution in [0.15, 0.2) is 0 Å². The third kappa shape index (κ3) is 5.34. The standard InChI is InChI=1S/C13H26N4O3/c1-9(16-12(19)20-13(2,3)4)10(11(14)18)17-7-5-15-6-8-17/h9-10,15H,5-8H2,1-4H3,(H2,14,18)(H,16,19). The summed E-state index contributed by atoms with van der Waals surface area (Å²) in [6.07, 6.45) is -0.536. The Labute approximate surface area is 120 Å². The van der Waals surface area contributed by atoms with Crippen LogP contribution in [0.5, 0.6) is 0 Å². The van der Waals surface area contributed by atoms with Gasteiger partial charge in [-0.25, -0.2) is 4.79 Å².